The standard InChI is InChI=1S/C14H23BFNO3/c1-13(2,18)14(3,4)20-15(19)12-8-11(16)7-6-10(12)9-17-5/h6-8,17-19H,9H2,1-5H3. The molecule has 4 nitrogen and oxygen atoms in total. The predicted octanol–water partition coefficient (Wildman–Crippen LogP) is 0.799. The minimum atomic E-state index is -1.31. The Morgan fingerprint density at radius 2 is 1.90 bits per heavy atom. The molecular weight excluding hydrogens is 260 g/mol. The topological polar surface area (TPSA) is 61.7 Å². The van der Waals surface area contributed by atoms with Gasteiger partial charge in [0.25, 0.3) is 0 Å². The maximum Gasteiger partial charge on any atom is 0.492 e. The Labute approximate surface area is 120 Å². The summed E-state index contributed by atoms with van der Waals surface area (Å²) in [6, 6.07) is 4.19. The van der Waals surface area contributed by atoms with E-state index in [9.17, 15) is 14.5 Å². The van der Waals surface area contributed by atoms with Gasteiger partial charge in [0, 0.05) is 6.54 Å². The molecule has 0 saturated heterocycles. The van der Waals surface area contributed by atoms with E-state index in [-0.39, 0.29) is 0 Å². The molecular formula is C14H23BFNO3. The second kappa shape index (κ2) is 6.22. The summed E-state index contributed by atoms with van der Waals surface area (Å²) in [4.78, 5) is 0. The maximum atomic E-state index is 13.4. The predicted molar refractivity (Wildman–Crippen MR) is 78.2 cm³/mol. The van der Waals surface area contributed by atoms with Crippen LogP contribution in [0.25, 0.3) is 0 Å². The zero-order valence-corrected chi connectivity index (χ0v) is 12.7. The molecule has 1 aromatic carbocycles. The third-order valence-electron chi connectivity index (χ3n) is 3.62. The number of halogens is 1. The molecule has 0 unspecified atom stereocenters. The fourth-order valence-corrected chi connectivity index (χ4v) is 1.63. The average molecular weight is 283 g/mol. The molecule has 0 aliphatic rings. The summed E-state index contributed by atoms with van der Waals surface area (Å²) in [7, 11) is 0.455. The summed E-state index contributed by atoms with van der Waals surface area (Å²) in [6.07, 6.45) is 0. The number of nitrogens with one attached hydrogen (secondary N) is 1. The van der Waals surface area contributed by atoms with Crippen LogP contribution >= 0.6 is 0 Å². The van der Waals surface area contributed by atoms with Gasteiger partial charge in [0.1, 0.15) is 5.82 Å². The van der Waals surface area contributed by atoms with Crippen molar-refractivity contribution in [3.05, 3.63) is 29.6 Å². The number of hydrogen-bond acceptors (Lipinski definition) is 4. The Kier molecular flexibility index (Phi) is 5.32. The van der Waals surface area contributed by atoms with Gasteiger partial charge in [-0.15, -0.1) is 0 Å². The van der Waals surface area contributed by atoms with Crippen molar-refractivity contribution < 1.29 is 19.2 Å². The lowest BCUT2D eigenvalue weighted by molar-refractivity contribution is -0.0982. The molecule has 0 radical (unpaired) electrons. The molecule has 112 valence electrons. The molecule has 0 atom stereocenters. The molecule has 0 aliphatic heterocycles. The molecule has 0 aromatic heterocycles. The number of hydrogen-bond donors (Lipinski definition) is 3. The van der Waals surface area contributed by atoms with Crippen molar-refractivity contribution in [2.24, 2.45) is 0 Å². The summed E-state index contributed by atoms with van der Waals surface area (Å²) in [5.74, 6) is -0.441. The molecule has 0 bridgehead atoms. The van der Waals surface area contributed by atoms with Gasteiger partial charge in [-0.1, -0.05) is 6.07 Å². The zero-order chi connectivity index (χ0) is 15.6. The van der Waals surface area contributed by atoms with E-state index in [1.54, 1.807) is 40.8 Å². The molecule has 6 heteroatoms. The van der Waals surface area contributed by atoms with Crippen molar-refractivity contribution in [2.45, 2.75) is 45.4 Å². The van der Waals surface area contributed by atoms with Gasteiger partial charge < -0.3 is 20.1 Å². The van der Waals surface area contributed by atoms with Gasteiger partial charge in [-0.2, -0.15) is 0 Å². The quantitative estimate of drug-likeness (QED) is 0.676. The van der Waals surface area contributed by atoms with Crippen molar-refractivity contribution in [1.82, 2.24) is 5.32 Å². The molecule has 1 rings (SSSR count). The average Bonchev–Trinajstić information content (AvgIpc) is 2.29. The SMILES string of the molecule is CNCc1ccc(F)cc1B(O)OC(C)(C)C(C)(C)O. The fourth-order valence-electron chi connectivity index (χ4n) is 1.63. The van der Waals surface area contributed by atoms with E-state index >= 15 is 0 Å². The van der Waals surface area contributed by atoms with E-state index in [1.165, 1.54) is 12.1 Å². The van der Waals surface area contributed by atoms with E-state index in [4.69, 9.17) is 4.65 Å². The Bertz CT molecular complexity index is 460. The first-order valence-corrected chi connectivity index (χ1v) is 6.59. The lowest BCUT2D eigenvalue weighted by Crippen LogP contribution is -2.53. The summed E-state index contributed by atoms with van der Waals surface area (Å²) in [5, 5.41) is 23.2. The Morgan fingerprint density at radius 3 is 2.40 bits per heavy atom. The monoisotopic (exact) mass is 283 g/mol. The summed E-state index contributed by atoms with van der Waals surface area (Å²) < 4.78 is 18.9. The van der Waals surface area contributed by atoms with Crippen LogP contribution in [0.3, 0.4) is 0 Å². The zero-order valence-electron chi connectivity index (χ0n) is 12.7. The van der Waals surface area contributed by atoms with Gasteiger partial charge in [-0.25, -0.2) is 4.39 Å². The van der Waals surface area contributed by atoms with Crippen LogP contribution in [0.5, 0.6) is 0 Å². The van der Waals surface area contributed by atoms with E-state index < -0.39 is 24.1 Å². The van der Waals surface area contributed by atoms with Gasteiger partial charge in [-0.3, -0.25) is 0 Å². The Balaban J connectivity index is 3.03. The van der Waals surface area contributed by atoms with Crippen LogP contribution < -0.4 is 10.8 Å². The number of aliphatic hydroxyl groups is 1. The normalized spacial score (nSPS) is 12.6. The number of rotatable bonds is 6. The van der Waals surface area contributed by atoms with Crippen molar-refractivity contribution in [1.29, 1.82) is 0 Å². The highest BCUT2D eigenvalue weighted by atomic mass is 19.1. The highest BCUT2D eigenvalue weighted by Gasteiger charge is 2.40. The summed E-state index contributed by atoms with van der Waals surface area (Å²) >= 11 is 0. The summed E-state index contributed by atoms with van der Waals surface area (Å²) in [5.41, 5.74) is -1.04. The Morgan fingerprint density at radius 1 is 1.30 bits per heavy atom. The van der Waals surface area contributed by atoms with Gasteiger partial charge in [0.05, 0.1) is 11.2 Å². The minimum absolute atomic E-state index is 0.358. The molecule has 0 heterocycles. The molecule has 0 fully saturated rings. The van der Waals surface area contributed by atoms with Crippen molar-refractivity contribution >= 4 is 12.6 Å². The molecule has 0 amide bonds. The van der Waals surface area contributed by atoms with Crippen molar-refractivity contribution in [3.63, 3.8) is 0 Å². The van der Waals surface area contributed by atoms with Crippen LogP contribution in [0, 0.1) is 5.82 Å². The van der Waals surface area contributed by atoms with E-state index in [0.717, 1.165) is 5.56 Å². The van der Waals surface area contributed by atoms with Gasteiger partial charge >= 0.3 is 7.12 Å². The second-order valence-electron chi connectivity index (χ2n) is 5.91. The van der Waals surface area contributed by atoms with E-state index in [2.05, 4.69) is 5.32 Å². The van der Waals surface area contributed by atoms with Crippen LogP contribution in [-0.2, 0) is 11.2 Å². The third-order valence-corrected chi connectivity index (χ3v) is 3.62. The van der Waals surface area contributed by atoms with Gasteiger partial charge in [0.15, 0.2) is 0 Å². The minimum Gasteiger partial charge on any atom is -0.423 e. The Hall–Kier alpha value is -0.945. The molecule has 1 aromatic rings. The van der Waals surface area contributed by atoms with Crippen LogP contribution in [0.15, 0.2) is 18.2 Å². The van der Waals surface area contributed by atoms with E-state index in [1.807, 2.05) is 0 Å². The number of benzene rings is 1. The molecule has 0 saturated carbocycles. The largest absolute Gasteiger partial charge is 0.492 e. The third kappa shape index (κ3) is 4.02. The first kappa shape index (κ1) is 17.1. The van der Waals surface area contributed by atoms with Crippen LogP contribution in [0.4, 0.5) is 4.39 Å². The molecule has 0 spiro atoms. The van der Waals surface area contributed by atoms with E-state index in [0.29, 0.717) is 12.0 Å². The van der Waals surface area contributed by atoms with Crippen LogP contribution in [0.2, 0.25) is 0 Å². The lowest BCUT2D eigenvalue weighted by Gasteiger charge is -2.38. The second-order valence-corrected chi connectivity index (χ2v) is 5.91. The molecule has 20 heavy (non-hydrogen) atoms. The molecule has 3 N–H and O–H groups in total. The van der Waals surface area contributed by atoms with Crippen LogP contribution in [0.1, 0.15) is 33.3 Å². The van der Waals surface area contributed by atoms with Crippen molar-refractivity contribution in [3.8, 4) is 0 Å². The summed E-state index contributed by atoms with van der Waals surface area (Å²) in [6.45, 7) is 7.03. The van der Waals surface area contributed by atoms with Gasteiger partial charge in [0.2, 0.25) is 0 Å². The maximum absolute atomic E-state index is 13.4. The first-order chi connectivity index (χ1) is 9.08. The highest BCUT2D eigenvalue weighted by molar-refractivity contribution is 6.60. The highest BCUT2D eigenvalue weighted by Crippen LogP contribution is 2.25. The van der Waals surface area contributed by atoms with Crippen LogP contribution in [-0.4, -0.2) is 35.5 Å². The van der Waals surface area contributed by atoms with Gasteiger partial charge in [-0.05, 0) is 57.9 Å². The lowest BCUT2D eigenvalue weighted by atomic mass is 9.74. The van der Waals surface area contributed by atoms with Crippen molar-refractivity contribution in [2.75, 3.05) is 7.05 Å². The first-order valence-electron chi connectivity index (χ1n) is 6.59. The molecule has 0 aliphatic carbocycles. The smallest absolute Gasteiger partial charge is 0.423 e. The fraction of sp³-hybridized carbons (Fsp3) is 0.571.